The van der Waals surface area contributed by atoms with E-state index in [4.69, 9.17) is 4.99 Å². The summed E-state index contributed by atoms with van der Waals surface area (Å²) < 4.78 is 1.14. The van der Waals surface area contributed by atoms with Crippen LogP contribution in [0.1, 0.15) is 44.6 Å². The molecule has 1 aromatic rings. The molecule has 2 N–H and O–H groups in total. The smallest absolute Gasteiger partial charge is 0.229 e. The standard InChI is InChI=1S/C20H27BrN4O2.HI/c1-2-22-19(23-12-13-25-17(26)8-5-9-18(25)27)24-14-20(10-11-20)15-6-3-4-7-16(15)21;/h3-4,6-7H,2,5,8-14H2,1H3,(H2,22,23,24);1H. The fourth-order valence-electron chi connectivity index (χ4n) is 3.46. The van der Waals surface area contributed by atoms with Crippen molar-refractivity contribution in [2.45, 2.75) is 44.4 Å². The van der Waals surface area contributed by atoms with E-state index >= 15 is 0 Å². The molecule has 1 heterocycles. The summed E-state index contributed by atoms with van der Waals surface area (Å²) in [7, 11) is 0. The molecule has 6 nitrogen and oxygen atoms in total. The van der Waals surface area contributed by atoms with Crippen molar-refractivity contribution < 1.29 is 9.59 Å². The number of rotatable bonds is 7. The van der Waals surface area contributed by atoms with Crippen molar-refractivity contribution in [1.29, 1.82) is 0 Å². The summed E-state index contributed by atoms with van der Waals surface area (Å²) in [5, 5.41) is 6.50. The van der Waals surface area contributed by atoms with Crippen molar-refractivity contribution in [1.82, 2.24) is 15.5 Å². The highest BCUT2D eigenvalue weighted by Crippen LogP contribution is 2.50. The van der Waals surface area contributed by atoms with Crippen LogP contribution in [0.4, 0.5) is 0 Å². The van der Waals surface area contributed by atoms with Crippen LogP contribution in [0.3, 0.4) is 0 Å². The maximum absolute atomic E-state index is 11.9. The van der Waals surface area contributed by atoms with E-state index < -0.39 is 0 Å². The van der Waals surface area contributed by atoms with E-state index in [1.54, 1.807) is 0 Å². The van der Waals surface area contributed by atoms with Crippen LogP contribution in [-0.4, -0.2) is 48.9 Å². The van der Waals surface area contributed by atoms with Crippen LogP contribution in [0.15, 0.2) is 33.7 Å². The number of amides is 2. The van der Waals surface area contributed by atoms with Gasteiger partial charge in [0, 0.05) is 42.4 Å². The van der Waals surface area contributed by atoms with Crippen LogP contribution in [0.5, 0.6) is 0 Å². The van der Waals surface area contributed by atoms with E-state index in [1.165, 1.54) is 10.5 Å². The Balaban J connectivity index is 0.00000280. The molecule has 1 aliphatic carbocycles. The summed E-state index contributed by atoms with van der Waals surface area (Å²) in [6, 6.07) is 8.34. The number of hydrogen-bond donors (Lipinski definition) is 2. The van der Waals surface area contributed by atoms with Gasteiger partial charge in [0.25, 0.3) is 0 Å². The number of guanidine groups is 1. The Hall–Kier alpha value is -1.16. The summed E-state index contributed by atoms with van der Waals surface area (Å²) in [6.07, 6.45) is 3.87. The minimum absolute atomic E-state index is 0. The Morgan fingerprint density at radius 3 is 2.46 bits per heavy atom. The zero-order valence-corrected chi connectivity index (χ0v) is 20.1. The minimum atomic E-state index is -0.0687. The summed E-state index contributed by atoms with van der Waals surface area (Å²) >= 11 is 3.66. The summed E-state index contributed by atoms with van der Waals surface area (Å²) in [5.41, 5.74) is 1.43. The van der Waals surface area contributed by atoms with Gasteiger partial charge in [-0.1, -0.05) is 34.1 Å². The molecule has 2 amide bonds. The van der Waals surface area contributed by atoms with Crippen LogP contribution < -0.4 is 10.6 Å². The summed E-state index contributed by atoms with van der Waals surface area (Å²) in [6.45, 7) is 4.39. The number of hydrogen-bond acceptors (Lipinski definition) is 3. The molecule has 1 aromatic carbocycles. The number of nitrogens with one attached hydrogen (secondary N) is 2. The Morgan fingerprint density at radius 1 is 1.18 bits per heavy atom. The first kappa shape index (κ1) is 23.1. The molecule has 154 valence electrons. The quantitative estimate of drug-likeness (QED) is 0.232. The number of piperidine rings is 1. The topological polar surface area (TPSA) is 73.8 Å². The molecule has 1 aliphatic heterocycles. The minimum Gasteiger partial charge on any atom is -0.357 e. The molecule has 0 bridgehead atoms. The number of carbonyl (C=O) groups excluding carboxylic acids is 2. The van der Waals surface area contributed by atoms with Gasteiger partial charge < -0.3 is 10.6 Å². The maximum atomic E-state index is 11.9. The van der Waals surface area contributed by atoms with E-state index in [2.05, 4.69) is 44.8 Å². The molecule has 2 aliphatic rings. The van der Waals surface area contributed by atoms with Gasteiger partial charge in [-0.15, -0.1) is 24.0 Å². The zero-order chi connectivity index (χ0) is 19.3. The second-order valence-corrected chi connectivity index (χ2v) is 8.03. The molecule has 1 saturated carbocycles. The average molecular weight is 563 g/mol. The van der Waals surface area contributed by atoms with Crippen molar-refractivity contribution in [3.05, 3.63) is 34.3 Å². The lowest BCUT2D eigenvalue weighted by atomic mass is 9.96. The van der Waals surface area contributed by atoms with Gasteiger partial charge in [0.1, 0.15) is 0 Å². The Bertz CT molecular complexity index is 721. The van der Waals surface area contributed by atoms with E-state index in [-0.39, 0.29) is 41.2 Å². The zero-order valence-electron chi connectivity index (χ0n) is 16.2. The molecule has 2 fully saturated rings. The molecule has 0 radical (unpaired) electrons. The molecular weight excluding hydrogens is 535 g/mol. The van der Waals surface area contributed by atoms with Crippen molar-refractivity contribution in [2.24, 2.45) is 4.99 Å². The van der Waals surface area contributed by atoms with Crippen LogP contribution >= 0.6 is 39.9 Å². The molecule has 1 saturated heterocycles. The van der Waals surface area contributed by atoms with E-state index in [0.29, 0.717) is 38.9 Å². The lowest BCUT2D eigenvalue weighted by Gasteiger charge is -2.25. The molecule has 0 atom stereocenters. The highest BCUT2D eigenvalue weighted by Gasteiger charge is 2.45. The van der Waals surface area contributed by atoms with Gasteiger partial charge in [-0.2, -0.15) is 0 Å². The van der Waals surface area contributed by atoms with E-state index in [1.807, 2.05) is 13.0 Å². The predicted molar refractivity (Wildman–Crippen MR) is 125 cm³/mol. The Morgan fingerprint density at radius 2 is 1.86 bits per heavy atom. The molecule has 3 rings (SSSR count). The second-order valence-electron chi connectivity index (χ2n) is 7.17. The van der Waals surface area contributed by atoms with Crippen molar-refractivity contribution in [2.75, 3.05) is 26.2 Å². The number of benzene rings is 1. The first-order valence-corrected chi connectivity index (χ1v) is 10.5. The molecule has 28 heavy (non-hydrogen) atoms. The number of likely N-dealkylation sites (tertiary alicyclic amines) is 1. The third-order valence-electron chi connectivity index (χ3n) is 5.19. The largest absolute Gasteiger partial charge is 0.357 e. The first-order valence-electron chi connectivity index (χ1n) is 9.66. The van der Waals surface area contributed by atoms with Gasteiger partial charge >= 0.3 is 0 Å². The second kappa shape index (κ2) is 10.6. The third kappa shape index (κ3) is 5.68. The van der Waals surface area contributed by atoms with Gasteiger partial charge in [-0.05, 0) is 37.8 Å². The SMILES string of the molecule is CCNC(=NCC1(c2ccccc2Br)CC1)NCCN1C(=O)CCCC1=O.I. The summed E-state index contributed by atoms with van der Waals surface area (Å²) in [5.74, 6) is 0.592. The van der Waals surface area contributed by atoms with Crippen molar-refractivity contribution in [3.8, 4) is 0 Å². The van der Waals surface area contributed by atoms with Crippen LogP contribution in [0.25, 0.3) is 0 Å². The van der Waals surface area contributed by atoms with Crippen LogP contribution in [-0.2, 0) is 15.0 Å². The Kier molecular flexibility index (Phi) is 8.73. The number of imide groups is 1. The number of aliphatic imine (C=N–C) groups is 1. The summed E-state index contributed by atoms with van der Waals surface area (Å²) in [4.78, 5) is 29.9. The fraction of sp³-hybridized carbons (Fsp3) is 0.550. The lowest BCUT2D eigenvalue weighted by Crippen LogP contribution is -2.46. The highest BCUT2D eigenvalue weighted by atomic mass is 127. The molecular formula is C20H28BrIN4O2. The number of carbonyl (C=O) groups is 2. The van der Waals surface area contributed by atoms with Gasteiger partial charge in [-0.3, -0.25) is 19.5 Å². The fourth-order valence-corrected chi connectivity index (χ4v) is 4.17. The van der Waals surface area contributed by atoms with Gasteiger partial charge in [-0.25, -0.2) is 0 Å². The predicted octanol–water partition coefficient (Wildman–Crippen LogP) is 3.19. The van der Waals surface area contributed by atoms with Crippen molar-refractivity contribution >= 4 is 57.7 Å². The number of nitrogens with zero attached hydrogens (tertiary/aromatic N) is 2. The maximum Gasteiger partial charge on any atom is 0.229 e. The van der Waals surface area contributed by atoms with Gasteiger partial charge in [0.05, 0.1) is 6.54 Å². The molecule has 0 unspecified atom stereocenters. The molecule has 8 heteroatoms. The normalized spacial score (nSPS) is 18.5. The molecule has 0 aromatic heterocycles. The molecule has 0 spiro atoms. The highest BCUT2D eigenvalue weighted by molar-refractivity contribution is 14.0. The van der Waals surface area contributed by atoms with Crippen LogP contribution in [0, 0.1) is 0 Å². The number of halogens is 2. The van der Waals surface area contributed by atoms with E-state index in [0.717, 1.165) is 29.8 Å². The Labute approximate surface area is 192 Å². The van der Waals surface area contributed by atoms with Gasteiger partial charge in [0.2, 0.25) is 11.8 Å². The monoisotopic (exact) mass is 562 g/mol. The third-order valence-corrected chi connectivity index (χ3v) is 5.89. The van der Waals surface area contributed by atoms with Crippen LogP contribution in [0.2, 0.25) is 0 Å². The first-order chi connectivity index (χ1) is 13.1. The van der Waals surface area contributed by atoms with Crippen molar-refractivity contribution in [3.63, 3.8) is 0 Å². The lowest BCUT2D eigenvalue weighted by molar-refractivity contribution is -0.147. The van der Waals surface area contributed by atoms with E-state index in [9.17, 15) is 9.59 Å². The average Bonchev–Trinajstić information content (AvgIpc) is 3.43. The van der Waals surface area contributed by atoms with Gasteiger partial charge in [0.15, 0.2) is 5.96 Å².